The minimum absolute atomic E-state index is 0.00280. The molecule has 2 aromatic carbocycles. The number of hydrogen-bond donors (Lipinski definition) is 0. The molecule has 0 fully saturated rings. The first-order valence-corrected chi connectivity index (χ1v) is 11.7. The van der Waals surface area contributed by atoms with Gasteiger partial charge in [0.15, 0.2) is 17.3 Å². The van der Waals surface area contributed by atoms with Crippen LogP contribution in [-0.4, -0.2) is 36.8 Å². The number of amides is 1. The van der Waals surface area contributed by atoms with Gasteiger partial charge in [0, 0.05) is 25.8 Å². The van der Waals surface area contributed by atoms with Crippen molar-refractivity contribution in [2.24, 2.45) is 5.92 Å². The van der Waals surface area contributed by atoms with Crippen LogP contribution in [0.15, 0.2) is 42.5 Å². The molecule has 172 valence electrons. The van der Waals surface area contributed by atoms with Crippen LogP contribution in [0, 0.1) is 5.92 Å². The second-order valence-corrected chi connectivity index (χ2v) is 8.78. The smallest absolute Gasteiger partial charge is 0.226 e. The molecule has 4 rings (SSSR count). The van der Waals surface area contributed by atoms with Crippen molar-refractivity contribution < 1.29 is 19.1 Å². The Kier molecular flexibility index (Phi) is 8.32. The minimum atomic E-state index is -0.489. The molecule has 0 radical (unpaired) electrons. The van der Waals surface area contributed by atoms with Crippen molar-refractivity contribution in [2.45, 2.75) is 64.8 Å². The zero-order chi connectivity index (χ0) is 23.1. The molecule has 0 saturated heterocycles. The van der Waals surface area contributed by atoms with E-state index in [0.717, 1.165) is 36.8 Å². The van der Waals surface area contributed by atoms with Gasteiger partial charge in [-0.1, -0.05) is 51.3 Å². The van der Waals surface area contributed by atoms with E-state index in [1.54, 1.807) is 19.1 Å². The summed E-state index contributed by atoms with van der Waals surface area (Å²) in [5, 5.41) is 0. The number of hydrogen-bond acceptors (Lipinski definition) is 4. The fourth-order valence-electron chi connectivity index (χ4n) is 4.27. The number of Topliss-reactive ketones (excluding diaryl/α,β-unsaturated/α-hetero) is 1. The van der Waals surface area contributed by atoms with Crippen LogP contribution in [0.2, 0.25) is 0 Å². The van der Waals surface area contributed by atoms with Crippen molar-refractivity contribution in [2.75, 3.05) is 14.2 Å². The number of ketones is 1. The summed E-state index contributed by atoms with van der Waals surface area (Å²) in [5.74, 6) is 1.86. The Morgan fingerprint density at radius 3 is 2.47 bits per heavy atom. The highest BCUT2D eigenvalue weighted by atomic mass is 16.5. The summed E-state index contributed by atoms with van der Waals surface area (Å²) in [4.78, 5) is 28.2. The Morgan fingerprint density at radius 2 is 1.78 bits per heavy atom. The number of carbonyl (C=O) groups is 2. The van der Waals surface area contributed by atoms with E-state index in [0.29, 0.717) is 36.5 Å². The van der Waals surface area contributed by atoms with E-state index in [-0.39, 0.29) is 17.6 Å². The third kappa shape index (κ3) is 5.90. The van der Waals surface area contributed by atoms with Gasteiger partial charge in [-0.2, -0.15) is 0 Å². The van der Waals surface area contributed by atoms with Gasteiger partial charge in [-0.25, -0.2) is 0 Å². The van der Waals surface area contributed by atoms with Crippen LogP contribution in [0.3, 0.4) is 0 Å². The van der Waals surface area contributed by atoms with Crippen LogP contribution in [0.25, 0.3) is 0 Å². The molecule has 5 nitrogen and oxygen atoms in total. The molecule has 4 bridgehead atoms. The summed E-state index contributed by atoms with van der Waals surface area (Å²) >= 11 is 0. The van der Waals surface area contributed by atoms with E-state index < -0.39 is 6.04 Å². The zero-order valence-electron chi connectivity index (χ0n) is 19.7. The predicted molar refractivity (Wildman–Crippen MR) is 126 cm³/mol. The van der Waals surface area contributed by atoms with Crippen molar-refractivity contribution in [3.8, 4) is 17.2 Å². The number of ether oxygens (including phenoxy) is 2. The fraction of sp³-hybridized carbons (Fsp3) is 0.481. The van der Waals surface area contributed by atoms with Crippen LogP contribution < -0.4 is 9.47 Å². The van der Waals surface area contributed by atoms with E-state index in [2.05, 4.69) is 6.92 Å². The van der Waals surface area contributed by atoms with Crippen LogP contribution in [-0.2, 0) is 22.4 Å². The number of methoxy groups -OCH3 is 1. The molecule has 2 aromatic rings. The number of likely N-dealkylation sites (N-methyl/N-ethyl adjacent to an activating group) is 1. The zero-order valence-corrected chi connectivity index (χ0v) is 19.7. The quantitative estimate of drug-likeness (QED) is 0.530. The second-order valence-electron chi connectivity index (χ2n) is 8.78. The number of fused-ring (bicyclic) bond motifs is 7. The third-order valence-corrected chi connectivity index (χ3v) is 6.24. The van der Waals surface area contributed by atoms with Crippen LogP contribution in [0.1, 0.15) is 57.1 Å². The summed E-state index contributed by atoms with van der Waals surface area (Å²) in [6.45, 7) is 4.09. The summed E-state index contributed by atoms with van der Waals surface area (Å²) in [6, 6.07) is 13.0. The predicted octanol–water partition coefficient (Wildman–Crippen LogP) is 5.59. The molecule has 5 heteroatoms. The van der Waals surface area contributed by atoms with Crippen LogP contribution in [0.4, 0.5) is 0 Å². The van der Waals surface area contributed by atoms with Crippen molar-refractivity contribution >= 4 is 11.7 Å². The molecule has 2 heterocycles. The van der Waals surface area contributed by atoms with Gasteiger partial charge >= 0.3 is 0 Å². The van der Waals surface area contributed by atoms with Gasteiger partial charge in [-0.15, -0.1) is 0 Å². The molecule has 2 aliphatic rings. The third-order valence-electron chi connectivity index (χ3n) is 6.24. The highest BCUT2D eigenvalue weighted by molar-refractivity contribution is 5.90. The summed E-state index contributed by atoms with van der Waals surface area (Å²) in [7, 11) is 3.38. The SMILES string of the molecule is CCCCCCC(=O)[C@@H]1Cc2ccc(OC)c(c2)Oc2ccc(cc2)C[C@H](C)C(=O)N1C. The largest absolute Gasteiger partial charge is 0.493 e. The Labute approximate surface area is 191 Å². The molecular weight excluding hydrogens is 402 g/mol. The molecule has 1 amide bonds. The van der Waals surface area contributed by atoms with Gasteiger partial charge in [-0.05, 0) is 48.2 Å². The molecule has 0 saturated carbocycles. The lowest BCUT2D eigenvalue weighted by Crippen LogP contribution is -2.46. The Bertz CT molecular complexity index is 922. The molecule has 0 spiro atoms. The molecule has 0 N–H and O–H groups in total. The lowest BCUT2D eigenvalue weighted by atomic mass is 9.94. The molecule has 0 aromatic heterocycles. The Balaban J connectivity index is 1.95. The molecule has 0 unspecified atom stereocenters. The number of rotatable bonds is 7. The monoisotopic (exact) mass is 437 g/mol. The maximum absolute atomic E-state index is 13.3. The fourth-order valence-corrected chi connectivity index (χ4v) is 4.27. The lowest BCUT2D eigenvalue weighted by molar-refractivity contribution is -0.141. The summed E-state index contributed by atoms with van der Waals surface area (Å²) in [6.07, 6.45) is 5.74. The molecule has 32 heavy (non-hydrogen) atoms. The van der Waals surface area contributed by atoms with Crippen LogP contribution >= 0.6 is 0 Å². The van der Waals surface area contributed by atoms with Crippen molar-refractivity contribution in [3.05, 3.63) is 53.6 Å². The normalized spacial score (nSPS) is 18.8. The van der Waals surface area contributed by atoms with Crippen molar-refractivity contribution in [1.82, 2.24) is 4.90 Å². The Hall–Kier alpha value is -2.82. The number of nitrogens with zero attached hydrogens (tertiary/aromatic N) is 1. The van der Waals surface area contributed by atoms with E-state index in [1.165, 1.54) is 0 Å². The van der Waals surface area contributed by atoms with Gasteiger partial charge in [0.1, 0.15) is 5.75 Å². The van der Waals surface area contributed by atoms with Crippen molar-refractivity contribution in [3.63, 3.8) is 0 Å². The standard InChI is InChI=1S/C27H35NO4/c1-5-6-7-8-9-24(29)23-17-21-12-15-25(31-4)26(18-21)32-22-13-10-20(11-14-22)16-19(2)27(30)28(23)3/h10-15,18-19,23H,5-9,16-17H2,1-4H3/t19-,23-/m0/s1. The second kappa shape index (κ2) is 11.2. The van der Waals surface area contributed by atoms with Crippen LogP contribution in [0.5, 0.6) is 17.2 Å². The highest BCUT2D eigenvalue weighted by Gasteiger charge is 2.30. The van der Waals surface area contributed by atoms with Crippen molar-refractivity contribution in [1.29, 1.82) is 0 Å². The van der Waals surface area contributed by atoms with Gasteiger partial charge in [0.25, 0.3) is 0 Å². The lowest BCUT2D eigenvalue weighted by Gasteiger charge is -2.30. The maximum atomic E-state index is 13.3. The number of benzene rings is 2. The number of unbranched alkanes of at least 4 members (excludes halogenated alkanes) is 3. The van der Waals surface area contributed by atoms with Gasteiger partial charge in [-0.3, -0.25) is 9.59 Å². The molecule has 2 aliphatic heterocycles. The van der Waals surface area contributed by atoms with Gasteiger partial charge < -0.3 is 14.4 Å². The number of carbonyl (C=O) groups excluding carboxylic acids is 2. The maximum Gasteiger partial charge on any atom is 0.226 e. The molecular formula is C27H35NO4. The van der Waals surface area contributed by atoms with E-state index in [1.807, 2.05) is 49.4 Å². The first-order chi connectivity index (χ1) is 15.4. The topological polar surface area (TPSA) is 55.8 Å². The summed E-state index contributed by atoms with van der Waals surface area (Å²) < 4.78 is 11.6. The van der Waals surface area contributed by atoms with E-state index in [4.69, 9.17) is 9.47 Å². The minimum Gasteiger partial charge on any atom is -0.493 e. The first kappa shape index (κ1) is 23.8. The van der Waals surface area contributed by atoms with E-state index >= 15 is 0 Å². The highest BCUT2D eigenvalue weighted by Crippen LogP contribution is 2.34. The first-order valence-electron chi connectivity index (χ1n) is 11.7. The molecule has 2 atom stereocenters. The van der Waals surface area contributed by atoms with Gasteiger partial charge in [0.2, 0.25) is 5.91 Å². The Morgan fingerprint density at radius 1 is 1.06 bits per heavy atom. The summed E-state index contributed by atoms with van der Waals surface area (Å²) in [5.41, 5.74) is 2.00. The molecule has 0 aliphatic carbocycles. The average molecular weight is 438 g/mol. The van der Waals surface area contributed by atoms with Gasteiger partial charge in [0.05, 0.1) is 13.2 Å². The average Bonchev–Trinajstić information content (AvgIpc) is 2.80. The van der Waals surface area contributed by atoms with E-state index in [9.17, 15) is 9.59 Å².